The van der Waals surface area contributed by atoms with Gasteiger partial charge in [0.2, 0.25) is 5.91 Å². The third-order valence-corrected chi connectivity index (χ3v) is 11.8. The molecular weight excluding hydrogens is 390 g/mol. The summed E-state index contributed by atoms with van der Waals surface area (Å²) >= 11 is 0. The number of rotatable bonds is 5. The fourth-order valence-electron chi connectivity index (χ4n) is 5.42. The van der Waals surface area contributed by atoms with E-state index in [0.29, 0.717) is 19.4 Å². The molecule has 2 heterocycles. The van der Waals surface area contributed by atoms with Crippen LogP contribution >= 0.6 is 0 Å². The highest BCUT2D eigenvalue weighted by Gasteiger charge is 2.51. The molecule has 2 aromatic rings. The Kier molecular flexibility index (Phi) is 5.88. The van der Waals surface area contributed by atoms with E-state index in [1.165, 1.54) is 10.4 Å². The zero-order chi connectivity index (χ0) is 21.4. The summed E-state index contributed by atoms with van der Waals surface area (Å²) in [6.45, 7) is 7.33. The van der Waals surface area contributed by atoms with Gasteiger partial charge in [0, 0.05) is 6.42 Å². The Labute approximate surface area is 181 Å². The van der Waals surface area contributed by atoms with Crippen molar-refractivity contribution >= 4 is 24.6 Å². The standard InChI is InChI=1S/C25H33NO3Si/c1-25(2,3)30(20-10-6-4-7-11-20,21-12-8-5-9-13-21)29-18-19-14-15-22-23(27)16-17-24(28)26(19)22/h4-13,19,22-23,27H,14-18H2,1-3H3/t19-,22-,23-/m0/s1. The summed E-state index contributed by atoms with van der Waals surface area (Å²) in [5.41, 5.74) is 0. The first-order valence-corrected chi connectivity index (χ1v) is 13.0. The van der Waals surface area contributed by atoms with Crippen LogP contribution < -0.4 is 10.4 Å². The number of amides is 1. The number of carbonyl (C=O) groups is 1. The minimum absolute atomic E-state index is 0.0408. The van der Waals surface area contributed by atoms with Crippen LogP contribution in [0.3, 0.4) is 0 Å². The summed E-state index contributed by atoms with van der Waals surface area (Å²) in [6, 6.07) is 21.2. The Morgan fingerprint density at radius 1 is 0.967 bits per heavy atom. The van der Waals surface area contributed by atoms with Gasteiger partial charge in [-0.15, -0.1) is 0 Å². The molecule has 1 N–H and O–H groups in total. The number of hydrogen-bond donors (Lipinski definition) is 1. The van der Waals surface area contributed by atoms with Gasteiger partial charge in [0.1, 0.15) is 0 Å². The van der Waals surface area contributed by atoms with Gasteiger partial charge in [-0.1, -0.05) is 81.4 Å². The second-order valence-corrected chi connectivity index (χ2v) is 14.0. The molecular formula is C25H33NO3Si. The summed E-state index contributed by atoms with van der Waals surface area (Å²) in [7, 11) is -2.61. The quantitative estimate of drug-likeness (QED) is 0.752. The van der Waals surface area contributed by atoms with Gasteiger partial charge >= 0.3 is 0 Å². The van der Waals surface area contributed by atoms with Gasteiger partial charge in [-0.2, -0.15) is 0 Å². The van der Waals surface area contributed by atoms with Gasteiger partial charge in [0.15, 0.2) is 0 Å². The predicted octanol–water partition coefficient (Wildman–Crippen LogP) is 3.08. The molecule has 2 fully saturated rings. The number of aliphatic hydroxyl groups excluding tert-OH is 1. The number of carbonyl (C=O) groups excluding carboxylic acids is 1. The van der Waals surface area contributed by atoms with E-state index in [1.54, 1.807) is 0 Å². The highest BCUT2D eigenvalue weighted by Crippen LogP contribution is 2.38. The molecule has 0 spiro atoms. The Morgan fingerprint density at radius 2 is 1.53 bits per heavy atom. The van der Waals surface area contributed by atoms with Crippen LogP contribution in [0.1, 0.15) is 46.5 Å². The number of aliphatic hydroxyl groups is 1. The van der Waals surface area contributed by atoms with Crippen molar-refractivity contribution in [3.8, 4) is 0 Å². The Morgan fingerprint density at radius 3 is 2.07 bits per heavy atom. The summed E-state index contributed by atoms with van der Waals surface area (Å²) in [6.07, 6.45) is 2.38. The summed E-state index contributed by atoms with van der Waals surface area (Å²) < 4.78 is 7.05. The number of fused-ring (bicyclic) bond motifs is 1. The van der Waals surface area contributed by atoms with Crippen molar-refractivity contribution in [1.82, 2.24) is 4.90 Å². The van der Waals surface area contributed by atoms with E-state index in [2.05, 4.69) is 69.3 Å². The van der Waals surface area contributed by atoms with Crippen molar-refractivity contribution in [3.05, 3.63) is 60.7 Å². The molecule has 3 atom stereocenters. The topological polar surface area (TPSA) is 49.8 Å². The lowest BCUT2D eigenvalue weighted by Gasteiger charge is -2.44. The van der Waals surface area contributed by atoms with Crippen LogP contribution in [-0.2, 0) is 9.22 Å². The summed E-state index contributed by atoms with van der Waals surface area (Å²) in [5, 5.41) is 12.8. The molecule has 160 valence electrons. The molecule has 5 heteroatoms. The number of hydrogen-bond acceptors (Lipinski definition) is 3. The molecule has 0 unspecified atom stereocenters. The van der Waals surface area contributed by atoms with Crippen LogP contribution in [0.4, 0.5) is 0 Å². The molecule has 0 radical (unpaired) electrons. The van der Waals surface area contributed by atoms with Gasteiger partial charge < -0.3 is 14.4 Å². The molecule has 2 saturated heterocycles. The maximum absolute atomic E-state index is 12.7. The third kappa shape index (κ3) is 3.64. The Bertz CT molecular complexity index is 825. The lowest BCUT2D eigenvalue weighted by Crippen LogP contribution is -2.67. The molecule has 2 aromatic carbocycles. The first-order chi connectivity index (χ1) is 14.3. The van der Waals surface area contributed by atoms with E-state index in [0.717, 1.165) is 12.8 Å². The number of benzene rings is 2. The van der Waals surface area contributed by atoms with Crippen molar-refractivity contribution in [1.29, 1.82) is 0 Å². The maximum atomic E-state index is 12.7. The van der Waals surface area contributed by atoms with E-state index < -0.39 is 14.4 Å². The minimum Gasteiger partial charge on any atom is -0.405 e. The van der Waals surface area contributed by atoms with E-state index >= 15 is 0 Å². The molecule has 4 nitrogen and oxygen atoms in total. The molecule has 2 aliphatic heterocycles. The van der Waals surface area contributed by atoms with Crippen LogP contribution in [0.2, 0.25) is 5.04 Å². The van der Waals surface area contributed by atoms with E-state index in [9.17, 15) is 9.90 Å². The van der Waals surface area contributed by atoms with Crippen LogP contribution in [0.15, 0.2) is 60.7 Å². The first kappa shape index (κ1) is 21.3. The SMILES string of the molecule is CC(C)(C)[Si](OC[C@@H]1CC[C@H]2[C@@H](O)CCC(=O)N12)(c1ccccc1)c1ccccc1. The van der Waals surface area contributed by atoms with Crippen molar-refractivity contribution < 1.29 is 14.3 Å². The largest absolute Gasteiger partial charge is 0.405 e. The van der Waals surface area contributed by atoms with Gasteiger partial charge in [0.05, 0.1) is 24.8 Å². The average Bonchev–Trinajstić information content (AvgIpc) is 3.17. The Balaban J connectivity index is 1.70. The average molecular weight is 424 g/mol. The van der Waals surface area contributed by atoms with Crippen molar-refractivity contribution in [2.45, 2.75) is 69.7 Å². The Hall–Kier alpha value is -1.95. The zero-order valence-corrected chi connectivity index (χ0v) is 19.3. The van der Waals surface area contributed by atoms with Crippen LogP contribution in [0, 0.1) is 0 Å². The summed E-state index contributed by atoms with van der Waals surface area (Å²) in [5.74, 6) is 0.166. The number of piperidine rings is 1. The third-order valence-electron chi connectivity index (χ3n) is 6.84. The lowest BCUT2D eigenvalue weighted by atomic mass is 9.99. The smallest absolute Gasteiger partial charge is 0.261 e. The van der Waals surface area contributed by atoms with E-state index in [4.69, 9.17) is 4.43 Å². The van der Waals surface area contributed by atoms with Gasteiger partial charge in [0.25, 0.3) is 8.32 Å². The molecule has 0 bridgehead atoms. The minimum atomic E-state index is -2.61. The molecule has 30 heavy (non-hydrogen) atoms. The molecule has 0 saturated carbocycles. The molecule has 2 aliphatic rings. The monoisotopic (exact) mass is 423 g/mol. The zero-order valence-electron chi connectivity index (χ0n) is 18.3. The molecule has 4 rings (SSSR count). The summed E-state index contributed by atoms with van der Waals surface area (Å²) in [4.78, 5) is 14.6. The lowest BCUT2D eigenvalue weighted by molar-refractivity contribution is -0.142. The highest BCUT2D eigenvalue weighted by atomic mass is 28.4. The van der Waals surface area contributed by atoms with Crippen molar-refractivity contribution in [2.75, 3.05) is 6.61 Å². The van der Waals surface area contributed by atoms with Gasteiger partial charge in [-0.05, 0) is 34.7 Å². The van der Waals surface area contributed by atoms with Crippen LogP contribution in [-0.4, -0.2) is 49.0 Å². The van der Waals surface area contributed by atoms with Gasteiger partial charge in [-0.3, -0.25) is 4.79 Å². The van der Waals surface area contributed by atoms with Crippen LogP contribution in [0.25, 0.3) is 0 Å². The van der Waals surface area contributed by atoms with Crippen LogP contribution in [0.5, 0.6) is 0 Å². The maximum Gasteiger partial charge on any atom is 0.261 e. The highest BCUT2D eigenvalue weighted by molar-refractivity contribution is 6.99. The normalized spacial score (nSPS) is 24.7. The molecule has 0 aliphatic carbocycles. The predicted molar refractivity (Wildman–Crippen MR) is 122 cm³/mol. The second kappa shape index (κ2) is 8.29. The number of nitrogens with zero attached hydrogens (tertiary/aromatic N) is 1. The molecule has 1 amide bonds. The van der Waals surface area contributed by atoms with E-state index in [1.807, 2.05) is 17.0 Å². The van der Waals surface area contributed by atoms with Crippen molar-refractivity contribution in [2.24, 2.45) is 0 Å². The second-order valence-electron chi connectivity index (χ2n) is 9.68. The fourth-order valence-corrected chi connectivity index (χ4v) is 10.0. The van der Waals surface area contributed by atoms with Gasteiger partial charge in [-0.25, -0.2) is 0 Å². The molecule has 0 aromatic heterocycles. The fraction of sp³-hybridized carbons (Fsp3) is 0.480. The van der Waals surface area contributed by atoms with Crippen molar-refractivity contribution in [3.63, 3.8) is 0 Å². The first-order valence-electron chi connectivity index (χ1n) is 11.1. The van der Waals surface area contributed by atoms with E-state index in [-0.39, 0.29) is 23.0 Å².